The van der Waals surface area contributed by atoms with Gasteiger partial charge >= 0.3 is 0 Å². The molecule has 1 aliphatic carbocycles. The van der Waals surface area contributed by atoms with Gasteiger partial charge in [-0.05, 0) is 31.9 Å². The summed E-state index contributed by atoms with van der Waals surface area (Å²) in [5.74, 6) is 2.10. The summed E-state index contributed by atoms with van der Waals surface area (Å²) in [6, 6.07) is 0. The maximum Gasteiger partial charge on any atom is 0.130 e. The third kappa shape index (κ3) is 1.82. The van der Waals surface area contributed by atoms with Crippen LogP contribution in [0.3, 0.4) is 0 Å². The molecule has 1 aromatic heterocycles. The Morgan fingerprint density at radius 1 is 1.53 bits per heavy atom. The van der Waals surface area contributed by atoms with Crippen molar-refractivity contribution in [2.45, 2.75) is 26.7 Å². The first kappa shape index (κ1) is 10.0. The van der Waals surface area contributed by atoms with Crippen LogP contribution in [0.25, 0.3) is 12.2 Å². The van der Waals surface area contributed by atoms with E-state index in [0.717, 1.165) is 29.9 Å². The number of allylic oxidation sites excluding steroid dienone is 3. The Hall–Kier alpha value is -1.50. The number of rotatable bonds is 2. The van der Waals surface area contributed by atoms with Crippen molar-refractivity contribution >= 4 is 12.2 Å². The Bertz CT molecular complexity index is 444. The number of fused-ring (bicyclic) bond motifs is 1. The van der Waals surface area contributed by atoms with Gasteiger partial charge in [0, 0.05) is 17.5 Å². The summed E-state index contributed by atoms with van der Waals surface area (Å²) in [5, 5.41) is 0. The Morgan fingerprint density at radius 3 is 3.00 bits per heavy atom. The van der Waals surface area contributed by atoms with E-state index in [0.29, 0.717) is 0 Å². The van der Waals surface area contributed by atoms with E-state index < -0.39 is 0 Å². The second-order valence-electron chi connectivity index (χ2n) is 3.96. The zero-order valence-electron chi connectivity index (χ0n) is 9.34. The van der Waals surface area contributed by atoms with Crippen LogP contribution in [-0.4, -0.2) is 0 Å². The predicted octanol–water partition coefficient (Wildman–Crippen LogP) is 4.14. The molecule has 15 heavy (non-hydrogen) atoms. The summed E-state index contributed by atoms with van der Waals surface area (Å²) in [6.07, 6.45) is 10.4. The van der Waals surface area contributed by atoms with E-state index in [4.69, 9.17) is 4.42 Å². The summed E-state index contributed by atoms with van der Waals surface area (Å²) in [5.41, 5.74) is 3.64. The van der Waals surface area contributed by atoms with Crippen molar-refractivity contribution in [1.82, 2.24) is 0 Å². The van der Waals surface area contributed by atoms with Crippen molar-refractivity contribution in [3.8, 4) is 0 Å². The standard InChI is InChI=1S/C14H16O/c1-4-10(2)9-14-11(3)12-7-5-6-8-13(12)15-14/h4-5,7,9H,1,6,8H2,2-3H3/b10-9-. The highest BCUT2D eigenvalue weighted by molar-refractivity contribution is 5.65. The molecular weight excluding hydrogens is 184 g/mol. The molecule has 1 aromatic rings. The molecule has 0 amide bonds. The Kier molecular flexibility index (Phi) is 2.63. The lowest BCUT2D eigenvalue weighted by Gasteiger charge is -2.01. The predicted molar refractivity (Wildman–Crippen MR) is 64.6 cm³/mol. The van der Waals surface area contributed by atoms with Crippen molar-refractivity contribution in [3.63, 3.8) is 0 Å². The maximum absolute atomic E-state index is 5.83. The molecule has 78 valence electrons. The normalized spacial score (nSPS) is 15.2. The van der Waals surface area contributed by atoms with Crippen LogP contribution in [0.4, 0.5) is 0 Å². The monoisotopic (exact) mass is 200 g/mol. The van der Waals surface area contributed by atoms with Gasteiger partial charge in [-0.2, -0.15) is 0 Å². The number of aryl methyl sites for hydroxylation is 1. The molecule has 0 aliphatic heterocycles. The van der Waals surface area contributed by atoms with Crippen molar-refractivity contribution < 1.29 is 4.42 Å². The molecule has 1 aliphatic rings. The fourth-order valence-corrected chi connectivity index (χ4v) is 1.83. The van der Waals surface area contributed by atoms with Gasteiger partial charge in [0.2, 0.25) is 0 Å². The van der Waals surface area contributed by atoms with Crippen molar-refractivity contribution in [2.75, 3.05) is 0 Å². The number of furan rings is 1. The molecule has 0 saturated carbocycles. The van der Waals surface area contributed by atoms with Gasteiger partial charge in [-0.25, -0.2) is 0 Å². The molecule has 0 aromatic carbocycles. The maximum atomic E-state index is 5.83. The van der Waals surface area contributed by atoms with Crippen LogP contribution in [0.5, 0.6) is 0 Å². The zero-order valence-corrected chi connectivity index (χ0v) is 9.34. The first-order valence-corrected chi connectivity index (χ1v) is 5.32. The minimum atomic E-state index is 0.976. The van der Waals surface area contributed by atoms with Crippen LogP contribution < -0.4 is 0 Å². The molecule has 0 N–H and O–H groups in total. The second-order valence-corrected chi connectivity index (χ2v) is 3.96. The van der Waals surface area contributed by atoms with Crippen LogP contribution in [0.2, 0.25) is 0 Å². The summed E-state index contributed by atoms with van der Waals surface area (Å²) in [7, 11) is 0. The topological polar surface area (TPSA) is 13.1 Å². The molecule has 0 fully saturated rings. The van der Waals surface area contributed by atoms with E-state index in [9.17, 15) is 0 Å². The van der Waals surface area contributed by atoms with Crippen LogP contribution in [0, 0.1) is 6.92 Å². The van der Waals surface area contributed by atoms with E-state index >= 15 is 0 Å². The number of hydrogen-bond acceptors (Lipinski definition) is 1. The molecule has 0 unspecified atom stereocenters. The smallest absolute Gasteiger partial charge is 0.130 e. The highest BCUT2D eigenvalue weighted by atomic mass is 16.3. The molecule has 1 nitrogen and oxygen atoms in total. The average Bonchev–Trinajstić information content (AvgIpc) is 2.57. The molecule has 0 radical (unpaired) electrons. The minimum Gasteiger partial charge on any atom is -0.461 e. The Labute approximate surface area is 90.8 Å². The van der Waals surface area contributed by atoms with E-state index in [1.165, 1.54) is 11.1 Å². The molecule has 0 bridgehead atoms. The Morgan fingerprint density at radius 2 is 2.33 bits per heavy atom. The fourth-order valence-electron chi connectivity index (χ4n) is 1.83. The molecule has 2 rings (SSSR count). The second kappa shape index (κ2) is 3.93. The molecule has 0 saturated heterocycles. The highest BCUT2D eigenvalue weighted by Gasteiger charge is 2.15. The fraction of sp³-hybridized carbons (Fsp3) is 0.286. The van der Waals surface area contributed by atoms with Crippen molar-refractivity contribution in [2.24, 2.45) is 0 Å². The lowest BCUT2D eigenvalue weighted by Crippen LogP contribution is -1.89. The van der Waals surface area contributed by atoms with Crippen LogP contribution in [0.1, 0.15) is 36.0 Å². The molecule has 1 heterocycles. The van der Waals surface area contributed by atoms with E-state index in [1.807, 2.05) is 13.0 Å². The summed E-state index contributed by atoms with van der Waals surface area (Å²) in [6.45, 7) is 7.89. The molecule has 1 heteroatoms. The van der Waals surface area contributed by atoms with Gasteiger partial charge in [0.15, 0.2) is 0 Å². The molecule has 0 spiro atoms. The molecule has 0 atom stereocenters. The van der Waals surface area contributed by atoms with Crippen molar-refractivity contribution in [1.29, 1.82) is 0 Å². The lowest BCUT2D eigenvalue weighted by molar-refractivity contribution is 0.498. The highest BCUT2D eigenvalue weighted by Crippen LogP contribution is 2.29. The summed E-state index contributed by atoms with van der Waals surface area (Å²) < 4.78 is 5.83. The lowest BCUT2D eigenvalue weighted by atomic mass is 10.0. The van der Waals surface area contributed by atoms with E-state index in [-0.39, 0.29) is 0 Å². The van der Waals surface area contributed by atoms with Gasteiger partial charge in [-0.1, -0.05) is 24.8 Å². The summed E-state index contributed by atoms with van der Waals surface area (Å²) >= 11 is 0. The van der Waals surface area contributed by atoms with Gasteiger partial charge < -0.3 is 4.42 Å². The first-order chi connectivity index (χ1) is 7.22. The van der Waals surface area contributed by atoms with Crippen molar-refractivity contribution in [3.05, 3.63) is 47.0 Å². The third-order valence-electron chi connectivity index (χ3n) is 2.81. The SMILES string of the molecule is C=C/C(C)=C\c1oc2c(c1C)C=CCC2. The van der Waals surface area contributed by atoms with Gasteiger partial charge in [0.25, 0.3) is 0 Å². The first-order valence-electron chi connectivity index (χ1n) is 5.32. The Balaban J connectivity index is 2.47. The van der Waals surface area contributed by atoms with Crippen LogP contribution in [0.15, 0.2) is 28.7 Å². The zero-order chi connectivity index (χ0) is 10.8. The van der Waals surface area contributed by atoms with Crippen LogP contribution >= 0.6 is 0 Å². The minimum absolute atomic E-state index is 0.976. The quantitative estimate of drug-likeness (QED) is 0.654. The van der Waals surface area contributed by atoms with Gasteiger partial charge in [-0.3, -0.25) is 0 Å². The average molecular weight is 200 g/mol. The molecular formula is C14H16O. The van der Waals surface area contributed by atoms with Crippen LogP contribution in [-0.2, 0) is 6.42 Å². The largest absolute Gasteiger partial charge is 0.461 e. The van der Waals surface area contributed by atoms with Gasteiger partial charge in [0.05, 0.1) is 0 Å². The number of hydrogen-bond donors (Lipinski definition) is 0. The van der Waals surface area contributed by atoms with Gasteiger partial charge in [0.1, 0.15) is 11.5 Å². The van der Waals surface area contributed by atoms with Gasteiger partial charge in [-0.15, -0.1) is 0 Å². The van der Waals surface area contributed by atoms with E-state index in [2.05, 4.69) is 31.7 Å². The third-order valence-corrected chi connectivity index (χ3v) is 2.81. The summed E-state index contributed by atoms with van der Waals surface area (Å²) in [4.78, 5) is 0. The van der Waals surface area contributed by atoms with E-state index in [1.54, 1.807) is 0 Å².